The first kappa shape index (κ1) is 27.1. The van der Waals surface area contributed by atoms with Crippen LogP contribution in [0.5, 0.6) is 5.75 Å². The van der Waals surface area contributed by atoms with E-state index in [0.717, 1.165) is 17.5 Å². The van der Waals surface area contributed by atoms with Crippen LogP contribution in [0.3, 0.4) is 0 Å². The van der Waals surface area contributed by atoms with Crippen molar-refractivity contribution < 1.29 is 28.6 Å². The number of aliphatic carboxylic acids is 1. The van der Waals surface area contributed by atoms with Gasteiger partial charge in [0.1, 0.15) is 18.2 Å². The molecule has 7 nitrogen and oxygen atoms in total. The number of amides is 2. The van der Waals surface area contributed by atoms with Crippen molar-refractivity contribution >= 4 is 12.0 Å². The van der Waals surface area contributed by atoms with Crippen LogP contribution in [0.25, 0.3) is 0 Å². The average molecular weight is 475 g/mol. The molecule has 186 valence electrons. The third-order valence-corrected chi connectivity index (χ3v) is 5.24. The zero-order valence-corrected chi connectivity index (χ0v) is 20.1. The largest absolute Gasteiger partial charge is 0.492 e. The number of carboxylic acids is 1. The number of hydrogen-bond donors (Lipinski definition) is 2. The maximum Gasteiger partial charge on any atom is 0.333 e. The Labute approximate surface area is 200 Å². The predicted molar refractivity (Wildman–Crippen MR) is 128 cm³/mol. The molecule has 0 bridgehead atoms. The van der Waals surface area contributed by atoms with Crippen LogP contribution in [0.1, 0.15) is 38.3 Å². The normalized spacial score (nSPS) is 11.8. The molecular formula is C26H35FN2O5. The molecule has 1 atom stereocenters. The number of ether oxygens (including phenoxy) is 2. The van der Waals surface area contributed by atoms with Crippen molar-refractivity contribution in [1.82, 2.24) is 10.2 Å². The summed E-state index contributed by atoms with van der Waals surface area (Å²) in [5.74, 6) is -0.203. The second kappa shape index (κ2) is 14.2. The van der Waals surface area contributed by atoms with Crippen LogP contribution in [0.2, 0.25) is 0 Å². The third kappa shape index (κ3) is 9.79. The van der Waals surface area contributed by atoms with Gasteiger partial charge >= 0.3 is 12.0 Å². The maximum atomic E-state index is 13.1. The van der Waals surface area contributed by atoms with Crippen LogP contribution in [-0.2, 0) is 22.5 Å². The number of carbonyl (C=O) groups is 2. The monoisotopic (exact) mass is 474 g/mol. The molecule has 0 radical (unpaired) electrons. The molecule has 8 heteroatoms. The third-order valence-electron chi connectivity index (χ3n) is 5.24. The fourth-order valence-corrected chi connectivity index (χ4v) is 3.25. The first-order chi connectivity index (χ1) is 16.3. The Morgan fingerprint density at radius 3 is 2.26 bits per heavy atom. The molecule has 0 spiro atoms. The number of nitrogens with zero attached hydrogens (tertiary/aromatic N) is 1. The maximum absolute atomic E-state index is 13.1. The Hall–Kier alpha value is -3.13. The lowest BCUT2D eigenvalue weighted by atomic mass is 10.1. The van der Waals surface area contributed by atoms with E-state index in [1.807, 2.05) is 12.1 Å². The van der Waals surface area contributed by atoms with E-state index in [4.69, 9.17) is 9.47 Å². The van der Waals surface area contributed by atoms with Crippen LogP contribution in [0.15, 0.2) is 48.5 Å². The van der Waals surface area contributed by atoms with E-state index in [-0.39, 0.29) is 18.3 Å². The minimum absolute atomic E-state index is 0.195. The molecule has 2 N–H and O–H groups in total. The highest BCUT2D eigenvalue weighted by Gasteiger charge is 2.18. The van der Waals surface area contributed by atoms with Crippen molar-refractivity contribution in [3.05, 3.63) is 65.5 Å². The molecule has 0 aromatic heterocycles. The topological polar surface area (TPSA) is 88.1 Å². The van der Waals surface area contributed by atoms with E-state index in [2.05, 4.69) is 19.2 Å². The Kier molecular flexibility index (Phi) is 11.3. The van der Waals surface area contributed by atoms with Gasteiger partial charge in [-0.05, 0) is 54.7 Å². The van der Waals surface area contributed by atoms with Crippen LogP contribution in [0, 0.1) is 11.7 Å². The van der Waals surface area contributed by atoms with Gasteiger partial charge in [0.25, 0.3) is 0 Å². The van der Waals surface area contributed by atoms with Gasteiger partial charge in [-0.1, -0.05) is 38.1 Å². The molecule has 0 aliphatic rings. The Bertz CT molecular complexity index is 887. The summed E-state index contributed by atoms with van der Waals surface area (Å²) in [5.41, 5.74) is 1.66. The molecule has 2 aromatic carbocycles. The van der Waals surface area contributed by atoms with Gasteiger partial charge in [0, 0.05) is 26.1 Å². The standard InChI is InChI=1S/C26H35FN2O5/c1-4-33-24(25(30)31)17-20-7-11-23(12-8-20)34-16-15-29(14-13-19(2)3)26(32)28-18-21-5-9-22(27)10-6-21/h5-12,19,24H,4,13-18H2,1-3H3,(H,28,32)(H,30,31). The zero-order chi connectivity index (χ0) is 24.9. The highest BCUT2D eigenvalue weighted by molar-refractivity contribution is 5.74. The molecular weight excluding hydrogens is 439 g/mol. The molecule has 0 aliphatic heterocycles. The van der Waals surface area contributed by atoms with Crippen molar-refractivity contribution in [3.8, 4) is 5.75 Å². The summed E-state index contributed by atoms with van der Waals surface area (Å²) >= 11 is 0. The fourth-order valence-electron chi connectivity index (χ4n) is 3.25. The van der Waals surface area contributed by atoms with Crippen LogP contribution in [0.4, 0.5) is 9.18 Å². The van der Waals surface area contributed by atoms with Crippen LogP contribution < -0.4 is 10.1 Å². The smallest absolute Gasteiger partial charge is 0.333 e. The highest BCUT2D eigenvalue weighted by Crippen LogP contribution is 2.15. The van der Waals surface area contributed by atoms with E-state index in [1.165, 1.54) is 12.1 Å². The lowest BCUT2D eigenvalue weighted by molar-refractivity contribution is -0.149. The molecule has 34 heavy (non-hydrogen) atoms. The molecule has 0 fully saturated rings. The summed E-state index contributed by atoms with van der Waals surface area (Å²) in [7, 11) is 0. The van der Waals surface area contributed by atoms with Crippen molar-refractivity contribution in [1.29, 1.82) is 0 Å². The highest BCUT2D eigenvalue weighted by atomic mass is 19.1. The SMILES string of the molecule is CCOC(Cc1ccc(OCCN(CCC(C)C)C(=O)NCc2ccc(F)cc2)cc1)C(=O)O. The summed E-state index contributed by atoms with van der Waals surface area (Å²) in [6.07, 6.45) is 0.267. The number of rotatable bonds is 14. The molecule has 0 saturated carbocycles. The first-order valence-corrected chi connectivity index (χ1v) is 11.6. The summed E-state index contributed by atoms with van der Waals surface area (Å²) in [6, 6.07) is 13.0. The molecule has 0 saturated heterocycles. The summed E-state index contributed by atoms with van der Waals surface area (Å²) in [6.45, 7) is 7.96. The second-order valence-electron chi connectivity index (χ2n) is 8.43. The summed E-state index contributed by atoms with van der Waals surface area (Å²) in [4.78, 5) is 25.7. The quantitative estimate of drug-likeness (QED) is 0.421. The number of hydrogen-bond acceptors (Lipinski definition) is 4. The minimum Gasteiger partial charge on any atom is -0.492 e. The molecule has 0 aliphatic carbocycles. The van der Waals surface area contributed by atoms with Gasteiger partial charge < -0.3 is 24.8 Å². The van der Waals surface area contributed by atoms with Gasteiger partial charge in [0.2, 0.25) is 0 Å². The molecule has 2 rings (SSSR count). The van der Waals surface area contributed by atoms with Gasteiger partial charge in [0.15, 0.2) is 6.10 Å². The van der Waals surface area contributed by atoms with Gasteiger partial charge in [0.05, 0.1) is 6.54 Å². The summed E-state index contributed by atoms with van der Waals surface area (Å²) < 4.78 is 24.1. The minimum atomic E-state index is -0.985. The van der Waals surface area contributed by atoms with E-state index in [9.17, 15) is 19.1 Å². The molecule has 0 heterocycles. The molecule has 1 unspecified atom stereocenters. The number of carboxylic acid groups (broad SMARTS) is 1. The van der Waals surface area contributed by atoms with E-state index in [1.54, 1.807) is 36.1 Å². The van der Waals surface area contributed by atoms with E-state index < -0.39 is 12.1 Å². The van der Waals surface area contributed by atoms with Crippen molar-refractivity contribution in [2.24, 2.45) is 5.92 Å². The summed E-state index contributed by atoms with van der Waals surface area (Å²) in [5, 5.41) is 12.1. The lowest BCUT2D eigenvalue weighted by Crippen LogP contribution is -2.42. The Balaban J connectivity index is 1.87. The number of urea groups is 1. The number of halogens is 1. The molecule has 2 aromatic rings. The van der Waals surface area contributed by atoms with Crippen molar-refractivity contribution in [3.63, 3.8) is 0 Å². The van der Waals surface area contributed by atoms with E-state index in [0.29, 0.717) is 44.5 Å². The first-order valence-electron chi connectivity index (χ1n) is 11.6. The Morgan fingerprint density at radius 1 is 1.03 bits per heavy atom. The Morgan fingerprint density at radius 2 is 1.68 bits per heavy atom. The lowest BCUT2D eigenvalue weighted by Gasteiger charge is -2.24. The number of carbonyl (C=O) groups excluding carboxylic acids is 1. The van der Waals surface area contributed by atoms with Gasteiger partial charge in [-0.3, -0.25) is 0 Å². The predicted octanol–water partition coefficient (Wildman–Crippen LogP) is 4.49. The molecule has 2 amide bonds. The van der Waals surface area contributed by atoms with Crippen molar-refractivity contribution in [2.75, 3.05) is 26.3 Å². The van der Waals surface area contributed by atoms with Gasteiger partial charge in [-0.25, -0.2) is 14.0 Å². The van der Waals surface area contributed by atoms with Crippen molar-refractivity contribution in [2.45, 2.75) is 46.3 Å². The zero-order valence-electron chi connectivity index (χ0n) is 20.1. The second-order valence-corrected chi connectivity index (χ2v) is 8.43. The van der Waals surface area contributed by atoms with Gasteiger partial charge in [-0.15, -0.1) is 0 Å². The van der Waals surface area contributed by atoms with Gasteiger partial charge in [-0.2, -0.15) is 0 Å². The van der Waals surface area contributed by atoms with Crippen LogP contribution >= 0.6 is 0 Å². The fraction of sp³-hybridized carbons (Fsp3) is 0.462. The van der Waals surface area contributed by atoms with Crippen LogP contribution in [-0.4, -0.2) is 54.4 Å². The average Bonchev–Trinajstić information content (AvgIpc) is 2.81. The number of nitrogens with one attached hydrogen (secondary N) is 1. The number of benzene rings is 2. The van der Waals surface area contributed by atoms with E-state index >= 15 is 0 Å².